The maximum atomic E-state index is 12.1. The molecular formula is C13H13N3O2. The van der Waals surface area contributed by atoms with Gasteiger partial charge >= 0.3 is 0 Å². The third-order valence-corrected chi connectivity index (χ3v) is 3.09. The number of nitrogens with zero attached hydrogens (tertiary/aromatic N) is 2. The van der Waals surface area contributed by atoms with Crippen LogP contribution in [0.15, 0.2) is 22.7 Å². The van der Waals surface area contributed by atoms with Crippen molar-refractivity contribution in [3.8, 4) is 11.4 Å². The molecule has 0 radical (unpaired) electrons. The molecule has 3 rings (SSSR count). The molecular weight excluding hydrogens is 230 g/mol. The maximum absolute atomic E-state index is 12.1. The second-order valence-corrected chi connectivity index (χ2v) is 4.54. The van der Waals surface area contributed by atoms with Crippen LogP contribution in [-0.2, 0) is 0 Å². The van der Waals surface area contributed by atoms with Gasteiger partial charge in [0.15, 0.2) is 5.78 Å². The Labute approximate surface area is 104 Å². The Morgan fingerprint density at radius 2 is 2.22 bits per heavy atom. The second kappa shape index (κ2) is 3.94. The molecule has 1 saturated carbocycles. The zero-order valence-corrected chi connectivity index (χ0v) is 10.0. The number of benzene rings is 1. The lowest BCUT2D eigenvalue weighted by atomic mass is 10.0. The first-order valence-electron chi connectivity index (χ1n) is 5.90. The van der Waals surface area contributed by atoms with Crippen LogP contribution in [0.5, 0.6) is 0 Å². The summed E-state index contributed by atoms with van der Waals surface area (Å²) in [5.74, 6) is 1.17. The molecule has 0 spiro atoms. The quantitative estimate of drug-likeness (QED) is 0.660. The van der Waals surface area contributed by atoms with E-state index in [-0.39, 0.29) is 11.7 Å². The monoisotopic (exact) mass is 243 g/mol. The van der Waals surface area contributed by atoms with Gasteiger partial charge in [0, 0.05) is 24.0 Å². The summed E-state index contributed by atoms with van der Waals surface area (Å²) in [6.07, 6.45) is 1.92. The van der Waals surface area contributed by atoms with E-state index in [0.29, 0.717) is 28.5 Å². The van der Waals surface area contributed by atoms with E-state index in [2.05, 4.69) is 10.1 Å². The lowest BCUT2D eigenvalue weighted by molar-refractivity contribution is 0.0968. The molecule has 1 aliphatic rings. The van der Waals surface area contributed by atoms with Gasteiger partial charge in [-0.1, -0.05) is 11.2 Å². The highest BCUT2D eigenvalue weighted by Gasteiger charge is 2.32. The van der Waals surface area contributed by atoms with E-state index in [1.165, 1.54) is 0 Å². The van der Waals surface area contributed by atoms with Gasteiger partial charge in [-0.05, 0) is 25.0 Å². The van der Waals surface area contributed by atoms with Crippen molar-refractivity contribution in [2.45, 2.75) is 19.8 Å². The van der Waals surface area contributed by atoms with Crippen LogP contribution in [0, 0.1) is 12.8 Å². The van der Waals surface area contributed by atoms with Gasteiger partial charge < -0.3 is 10.3 Å². The average Bonchev–Trinajstić information content (AvgIpc) is 3.12. The summed E-state index contributed by atoms with van der Waals surface area (Å²) in [4.78, 5) is 16.2. The summed E-state index contributed by atoms with van der Waals surface area (Å²) in [7, 11) is 0. The van der Waals surface area contributed by atoms with Crippen LogP contribution in [0.3, 0.4) is 0 Å². The molecule has 0 atom stereocenters. The molecule has 2 N–H and O–H groups in total. The van der Waals surface area contributed by atoms with Gasteiger partial charge in [0.05, 0.1) is 5.69 Å². The third-order valence-electron chi connectivity index (χ3n) is 3.09. The smallest absolute Gasteiger partial charge is 0.223 e. The summed E-state index contributed by atoms with van der Waals surface area (Å²) >= 11 is 0. The van der Waals surface area contributed by atoms with Gasteiger partial charge in [-0.3, -0.25) is 4.79 Å². The highest BCUT2D eigenvalue weighted by Crippen LogP contribution is 2.36. The molecule has 5 nitrogen and oxygen atoms in total. The summed E-state index contributed by atoms with van der Waals surface area (Å²) in [5, 5.41) is 3.83. The number of hydrogen-bond donors (Lipinski definition) is 1. The normalized spacial score (nSPS) is 14.7. The Hall–Kier alpha value is -2.17. The van der Waals surface area contributed by atoms with Crippen LogP contribution in [0.25, 0.3) is 11.4 Å². The molecule has 0 amide bonds. The number of carbonyl (C=O) groups excluding carboxylic acids is 1. The first-order valence-corrected chi connectivity index (χ1v) is 5.90. The molecule has 2 aromatic rings. The van der Waals surface area contributed by atoms with E-state index in [1.807, 2.05) is 0 Å². The standard InChI is InChI=1S/C13H13N3O2/c1-7-15-13(16-18-7)10-4-2-3-9(11(10)14)12(17)8-5-6-8/h2-4,8H,5-6,14H2,1H3. The lowest BCUT2D eigenvalue weighted by Crippen LogP contribution is -2.07. The molecule has 18 heavy (non-hydrogen) atoms. The Morgan fingerprint density at radius 3 is 2.83 bits per heavy atom. The number of aryl methyl sites for hydroxylation is 1. The Kier molecular flexibility index (Phi) is 2.40. The summed E-state index contributed by atoms with van der Waals surface area (Å²) in [5.41, 5.74) is 7.71. The van der Waals surface area contributed by atoms with Crippen LogP contribution in [-0.4, -0.2) is 15.9 Å². The van der Waals surface area contributed by atoms with E-state index < -0.39 is 0 Å². The Morgan fingerprint density at radius 1 is 1.44 bits per heavy atom. The number of para-hydroxylation sites is 1. The topological polar surface area (TPSA) is 82.0 Å². The zero-order valence-electron chi connectivity index (χ0n) is 10.0. The lowest BCUT2D eigenvalue weighted by Gasteiger charge is -2.07. The Balaban J connectivity index is 2.05. The number of carbonyl (C=O) groups is 1. The summed E-state index contributed by atoms with van der Waals surface area (Å²) < 4.78 is 4.93. The first-order chi connectivity index (χ1) is 8.66. The molecule has 0 unspecified atom stereocenters. The highest BCUT2D eigenvalue weighted by atomic mass is 16.5. The van der Waals surface area contributed by atoms with Gasteiger partial charge in [0.2, 0.25) is 11.7 Å². The number of aromatic nitrogens is 2. The molecule has 1 aromatic carbocycles. The second-order valence-electron chi connectivity index (χ2n) is 4.54. The number of ketones is 1. The first kappa shape index (κ1) is 11.0. The SMILES string of the molecule is Cc1nc(-c2cccc(C(=O)C3CC3)c2N)no1. The molecule has 1 aliphatic carbocycles. The minimum atomic E-state index is 0.120. The van der Waals surface area contributed by atoms with Crippen LogP contribution < -0.4 is 5.73 Å². The molecule has 1 heterocycles. The number of hydrogen-bond acceptors (Lipinski definition) is 5. The van der Waals surface area contributed by atoms with E-state index in [0.717, 1.165) is 12.8 Å². The van der Waals surface area contributed by atoms with Crippen molar-refractivity contribution in [3.05, 3.63) is 29.7 Å². The van der Waals surface area contributed by atoms with Gasteiger partial charge in [0.25, 0.3) is 0 Å². The number of Topliss-reactive ketones (excluding diaryl/α,β-unsaturated/α-hetero) is 1. The van der Waals surface area contributed by atoms with E-state index in [4.69, 9.17) is 10.3 Å². The van der Waals surface area contributed by atoms with Crippen molar-refractivity contribution in [2.75, 3.05) is 5.73 Å². The van der Waals surface area contributed by atoms with Gasteiger partial charge in [-0.25, -0.2) is 0 Å². The van der Waals surface area contributed by atoms with Gasteiger partial charge in [-0.15, -0.1) is 0 Å². The van der Waals surface area contributed by atoms with Gasteiger partial charge in [0.1, 0.15) is 0 Å². The molecule has 0 saturated heterocycles. The minimum absolute atomic E-state index is 0.120. The van der Waals surface area contributed by atoms with E-state index >= 15 is 0 Å². The minimum Gasteiger partial charge on any atom is -0.398 e. The fourth-order valence-corrected chi connectivity index (χ4v) is 1.95. The summed E-state index contributed by atoms with van der Waals surface area (Å²) in [6, 6.07) is 5.35. The van der Waals surface area contributed by atoms with Crippen LogP contribution in [0.2, 0.25) is 0 Å². The molecule has 5 heteroatoms. The largest absolute Gasteiger partial charge is 0.398 e. The zero-order chi connectivity index (χ0) is 12.7. The fourth-order valence-electron chi connectivity index (χ4n) is 1.95. The van der Waals surface area contributed by atoms with Crippen LogP contribution in [0.1, 0.15) is 29.1 Å². The van der Waals surface area contributed by atoms with Gasteiger partial charge in [-0.2, -0.15) is 4.98 Å². The predicted octanol–water partition coefficient (Wildman–Crippen LogP) is 2.22. The van der Waals surface area contributed by atoms with E-state index in [9.17, 15) is 4.79 Å². The number of nitrogens with two attached hydrogens (primary N) is 1. The highest BCUT2D eigenvalue weighted by molar-refractivity contribution is 6.05. The maximum Gasteiger partial charge on any atom is 0.223 e. The van der Waals surface area contributed by atoms with Crippen LogP contribution >= 0.6 is 0 Å². The number of nitrogen functional groups attached to an aromatic ring is 1. The van der Waals surface area contributed by atoms with Crippen molar-refractivity contribution >= 4 is 11.5 Å². The molecule has 1 aromatic heterocycles. The van der Waals surface area contributed by atoms with Crippen LogP contribution in [0.4, 0.5) is 5.69 Å². The van der Waals surface area contributed by atoms with Crippen molar-refractivity contribution in [2.24, 2.45) is 5.92 Å². The average molecular weight is 243 g/mol. The molecule has 0 bridgehead atoms. The third kappa shape index (κ3) is 1.77. The molecule has 1 fully saturated rings. The van der Waals surface area contributed by atoms with Crippen molar-refractivity contribution in [1.29, 1.82) is 0 Å². The molecule has 92 valence electrons. The van der Waals surface area contributed by atoms with Crippen molar-refractivity contribution in [3.63, 3.8) is 0 Å². The Bertz CT molecular complexity index is 614. The summed E-state index contributed by atoms with van der Waals surface area (Å²) in [6.45, 7) is 1.71. The number of rotatable bonds is 3. The van der Waals surface area contributed by atoms with Crippen molar-refractivity contribution in [1.82, 2.24) is 10.1 Å². The number of anilines is 1. The molecule has 0 aliphatic heterocycles. The van der Waals surface area contributed by atoms with Crippen molar-refractivity contribution < 1.29 is 9.32 Å². The predicted molar refractivity (Wildman–Crippen MR) is 65.9 cm³/mol. The van der Waals surface area contributed by atoms with E-state index in [1.54, 1.807) is 25.1 Å². The fraction of sp³-hybridized carbons (Fsp3) is 0.308.